The van der Waals surface area contributed by atoms with Crippen LogP contribution >= 0.6 is 22.7 Å². The van der Waals surface area contributed by atoms with E-state index in [4.69, 9.17) is 0 Å². The van der Waals surface area contributed by atoms with Gasteiger partial charge in [0.15, 0.2) is 5.13 Å². The first-order valence-electron chi connectivity index (χ1n) is 6.84. The molecule has 0 saturated carbocycles. The van der Waals surface area contributed by atoms with Crippen LogP contribution in [0.15, 0.2) is 27.9 Å². The van der Waals surface area contributed by atoms with E-state index in [9.17, 15) is 8.42 Å². The van der Waals surface area contributed by atoms with Gasteiger partial charge in [-0.05, 0) is 25.0 Å². The zero-order valence-electron chi connectivity index (χ0n) is 11.7. The Morgan fingerprint density at radius 2 is 2.33 bits per heavy atom. The van der Waals surface area contributed by atoms with Crippen LogP contribution < -0.4 is 9.62 Å². The second-order valence-electron chi connectivity index (χ2n) is 4.94. The van der Waals surface area contributed by atoms with E-state index in [1.165, 1.54) is 11.3 Å². The van der Waals surface area contributed by atoms with E-state index in [-0.39, 0.29) is 6.04 Å². The highest BCUT2D eigenvalue weighted by molar-refractivity contribution is 7.91. The Morgan fingerprint density at radius 3 is 3.00 bits per heavy atom. The average Bonchev–Trinajstić information content (AvgIpc) is 3.19. The molecule has 1 saturated heterocycles. The fourth-order valence-electron chi connectivity index (χ4n) is 2.37. The molecule has 3 rings (SSSR count). The molecule has 0 radical (unpaired) electrons. The van der Waals surface area contributed by atoms with E-state index < -0.39 is 10.0 Å². The summed E-state index contributed by atoms with van der Waals surface area (Å²) >= 11 is 2.93. The first kappa shape index (κ1) is 15.0. The summed E-state index contributed by atoms with van der Waals surface area (Å²) in [5, 5.41) is 2.89. The van der Waals surface area contributed by atoms with Crippen LogP contribution in [0.3, 0.4) is 0 Å². The first-order chi connectivity index (χ1) is 10.1. The molecular weight excluding hydrogens is 326 g/mol. The third kappa shape index (κ3) is 3.28. The minimum absolute atomic E-state index is 0.0499. The molecule has 1 N–H and O–H groups in total. The zero-order valence-corrected chi connectivity index (χ0v) is 14.1. The average molecular weight is 343 g/mol. The monoisotopic (exact) mass is 343 g/mol. The largest absolute Gasteiger partial charge is 0.346 e. The number of anilines is 1. The van der Waals surface area contributed by atoms with Crippen molar-refractivity contribution in [1.82, 2.24) is 9.71 Å². The Balaban J connectivity index is 1.66. The van der Waals surface area contributed by atoms with Crippen LogP contribution in [0.2, 0.25) is 0 Å². The van der Waals surface area contributed by atoms with Gasteiger partial charge in [0, 0.05) is 35.6 Å². The van der Waals surface area contributed by atoms with E-state index in [0.29, 0.717) is 10.8 Å². The second-order valence-corrected chi connectivity index (χ2v) is 8.92. The summed E-state index contributed by atoms with van der Waals surface area (Å²) in [7, 11) is -3.40. The standard InChI is InChI=1S/C13H17N3O2S3/c1-2-11-3-4-12(20-11)21(17,18)15-10-5-7-16(9-10)13-14-6-8-19-13/h3-4,6,8,10,15H,2,5,7,9H2,1H3/t10-/m1/s1. The van der Waals surface area contributed by atoms with Crippen molar-refractivity contribution in [3.05, 3.63) is 28.6 Å². The van der Waals surface area contributed by atoms with Gasteiger partial charge in [-0.3, -0.25) is 0 Å². The molecule has 0 amide bonds. The maximum absolute atomic E-state index is 12.4. The van der Waals surface area contributed by atoms with Crippen LogP contribution in [0.4, 0.5) is 5.13 Å². The Hall–Kier alpha value is -0.960. The molecule has 0 bridgehead atoms. The number of hydrogen-bond donors (Lipinski definition) is 1. The minimum atomic E-state index is -3.40. The molecule has 1 aliphatic heterocycles. The third-order valence-electron chi connectivity index (χ3n) is 3.45. The Morgan fingerprint density at radius 1 is 1.48 bits per heavy atom. The van der Waals surface area contributed by atoms with Gasteiger partial charge in [-0.15, -0.1) is 22.7 Å². The smallest absolute Gasteiger partial charge is 0.250 e. The van der Waals surface area contributed by atoms with Crippen LogP contribution in [0, 0.1) is 0 Å². The Kier molecular flexibility index (Phi) is 4.30. The lowest BCUT2D eigenvalue weighted by Gasteiger charge is -2.15. The maximum Gasteiger partial charge on any atom is 0.250 e. The Labute approximate surface area is 132 Å². The molecule has 0 unspecified atom stereocenters. The van der Waals surface area contributed by atoms with Crippen LogP contribution in [0.5, 0.6) is 0 Å². The molecule has 3 heterocycles. The molecule has 0 aromatic carbocycles. The number of thiazole rings is 1. The van der Waals surface area contributed by atoms with Crippen LogP contribution in [-0.2, 0) is 16.4 Å². The van der Waals surface area contributed by atoms with Crippen molar-refractivity contribution in [3.63, 3.8) is 0 Å². The molecule has 1 atom stereocenters. The summed E-state index contributed by atoms with van der Waals surface area (Å²) in [6.07, 6.45) is 3.45. The van der Waals surface area contributed by atoms with Crippen LogP contribution in [0.1, 0.15) is 18.2 Å². The van der Waals surface area contributed by atoms with E-state index in [2.05, 4.69) is 14.6 Å². The van der Waals surface area contributed by atoms with Gasteiger partial charge in [0.2, 0.25) is 10.0 Å². The molecule has 1 aliphatic rings. The van der Waals surface area contributed by atoms with E-state index in [1.807, 2.05) is 18.4 Å². The van der Waals surface area contributed by atoms with Crippen molar-refractivity contribution in [3.8, 4) is 0 Å². The lowest BCUT2D eigenvalue weighted by Crippen LogP contribution is -2.36. The van der Waals surface area contributed by atoms with E-state index in [1.54, 1.807) is 23.6 Å². The van der Waals surface area contributed by atoms with Gasteiger partial charge in [0.25, 0.3) is 0 Å². The van der Waals surface area contributed by atoms with Crippen molar-refractivity contribution >= 4 is 37.8 Å². The fraction of sp³-hybridized carbons (Fsp3) is 0.462. The van der Waals surface area contributed by atoms with Gasteiger partial charge in [-0.25, -0.2) is 18.1 Å². The number of hydrogen-bond acceptors (Lipinski definition) is 6. The fourth-order valence-corrected chi connectivity index (χ4v) is 5.63. The topological polar surface area (TPSA) is 62.3 Å². The summed E-state index contributed by atoms with van der Waals surface area (Å²) < 4.78 is 28.0. The summed E-state index contributed by atoms with van der Waals surface area (Å²) in [6.45, 7) is 3.54. The highest BCUT2D eigenvalue weighted by atomic mass is 32.2. The number of thiophene rings is 1. The molecule has 0 aliphatic carbocycles. The normalized spacial score (nSPS) is 19.3. The summed E-state index contributed by atoms with van der Waals surface area (Å²) in [6, 6.07) is 3.53. The van der Waals surface area contributed by atoms with Crippen LogP contribution in [0.25, 0.3) is 0 Å². The number of sulfonamides is 1. The lowest BCUT2D eigenvalue weighted by molar-refractivity contribution is 0.563. The van der Waals surface area contributed by atoms with Gasteiger partial charge in [-0.1, -0.05) is 6.92 Å². The van der Waals surface area contributed by atoms with Crippen molar-refractivity contribution < 1.29 is 8.42 Å². The molecular formula is C13H17N3O2S3. The van der Waals surface area contributed by atoms with Crippen molar-refractivity contribution in [2.45, 2.75) is 30.0 Å². The Bertz CT molecular complexity index is 694. The first-order valence-corrected chi connectivity index (χ1v) is 10.0. The maximum atomic E-state index is 12.4. The van der Waals surface area contributed by atoms with Crippen molar-refractivity contribution in [1.29, 1.82) is 0 Å². The highest BCUT2D eigenvalue weighted by Crippen LogP contribution is 2.25. The summed E-state index contributed by atoms with van der Waals surface area (Å²) in [4.78, 5) is 7.49. The van der Waals surface area contributed by atoms with Crippen LogP contribution in [-0.4, -0.2) is 32.5 Å². The van der Waals surface area contributed by atoms with Gasteiger partial charge in [0.1, 0.15) is 4.21 Å². The molecule has 1 fully saturated rings. The molecule has 8 heteroatoms. The molecule has 5 nitrogen and oxygen atoms in total. The number of nitrogens with one attached hydrogen (secondary N) is 1. The van der Waals surface area contributed by atoms with E-state index in [0.717, 1.165) is 29.4 Å². The minimum Gasteiger partial charge on any atom is -0.346 e. The molecule has 114 valence electrons. The summed E-state index contributed by atoms with van der Waals surface area (Å²) in [5.74, 6) is 0. The number of nitrogens with zero attached hydrogens (tertiary/aromatic N) is 2. The number of aromatic nitrogens is 1. The third-order valence-corrected chi connectivity index (χ3v) is 7.52. The highest BCUT2D eigenvalue weighted by Gasteiger charge is 2.29. The van der Waals surface area contributed by atoms with Gasteiger partial charge >= 0.3 is 0 Å². The second kappa shape index (κ2) is 6.04. The van der Waals surface area contributed by atoms with Crippen molar-refractivity contribution in [2.75, 3.05) is 18.0 Å². The summed E-state index contributed by atoms with van der Waals surface area (Å²) in [5.41, 5.74) is 0. The lowest BCUT2D eigenvalue weighted by atomic mass is 10.3. The molecule has 0 spiro atoms. The predicted molar refractivity (Wildman–Crippen MR) is 86.8 cm³/mol. The van der Waals surface area contributed by atoms with Crippen molar-refractivity contribution in [2.24, 2.45) is 0 Å². The van der Waals surface area contributed by atoms with E-state index >= 15 is 0 Å². The quantitative estimate of drug-likeness (QED) is 0.905. The molecule has 21 heavy (non-hydrogen) atoms. The van der Waals surface area contributed by atoms with Gasteiger partial charge < -0.3 is 4.90 Å². The van der Waals surface area contributed by atoms with Gasteiger partial charge in [0.05, 0.1) is 0 Å². The number of rotatable bonds is 5. The number of aryl methyl sites for hydroxylation is 1. The predicted octanol–water partition coefficient (Wildman–Crippen LogP) is 2.32. The molecule has 2 aromatic rings. The zero-order chi connectivity index (χ0) is 14.9. The SMILES string of the molecule is CCc1ccc(S(=O)(=O)N[C@@H]2CCN(c3nccs3)C2)s1. The molecule has 2 aromatic heterocycles. The van der Waals surface area contributed by atoms with Gasteiger partial charge in [-0.2, -0.15) is 0 Å².